The first-order valence-electron chi connectivity index (χ1n) is 18.4. The summed E-state index contributed by atoms with van der Waals surface area (Å²) in [6.07, 6.45) is 0. The highest BCUT2D eigenvalue weighted by Gasteiger charge is 2.35. The lowest BCUT2D eigenvalue weighted by molar-refractivity contribution is 0.660. The molecule has 0 saturated carbocycles. The summed E-state index contributed by atoms with van der Waals surface area (Å²) in [5, 5.41) is 2.48. The molecule has 2 nitrogen and oxygen atoms in total. The van der Waals surface area contributed by atoms with Crippen molar-refractivity contribution in [3.05, 3.63) is 199 Å². The minimum absolute atomic E-state index is 0.0858. The summed E-state index contributed by atoms with van der Waals surface area (Å²) in [5.74, 6) is 0. The molecule has 0 spiro atoms. The van der Waals surface area contributed by atoms with Gasteiger partial charge in [-0.2, -0.15) is 0 Å². The van der Waals surface area contributed by atoms with Gasteiger partial charge in [-0.3, -0.25) is 0 Å². The molecule has 1 aliphatic rings. The van der Waals surface area contributed by atoms with Crippen molar-refractivity contribution in [2.24, 2.45) is 0 Å². The van der Waals surface area contributed by atoms with Gasteiger partial charge in [0.1, 0.15) is 0 Å². The molecule has 2 heteroatoms. The second-order valence-electron chi connectivity index (χ2n) is 14.7. The fourth-order valence-electron chi connectivity index (χ4n) is 8.40. The van der Waals surface area contributed by atoms with Gasteiger partial charge in [-0.05, 0) is 116 Å². The average Bonchev–Trinajstić information content (AvgIpc) is 3.70. The molecule has 9 aromatic rings. The van der Waals surface area contributed by atoms with Crippen molar-refractivity contribution in [1.82, 2.24) is 4.98 Å². The molecule has 1 aliphatic carbocycles. The molecular formula is C51H38N2. The van der Waals surface area contributed by atoms with Crippen LogP contribution in [0.2, 0.25) is 0 Å². The first-order valence-corrected chi connectivity index (χ1v) is 18.4. The molecule has 1 N–H and O–H groups in total. The summed E-state index contributed by atoms with van der Waals surface area (Å²) in [7, 11) is 0. The smallest absolute Gasteiger partial charge is 0.0465 e. The van der Waals surface area contributed by atoms with E-state index >= 15 is 0 Å². The Balaban J connectivity index is 1.05. The first kappa shape index (κ1) is 31.1. The van der Waals surface area contributed by atoms with Gasteiger partial charge in [0.25, 0.3) is 0 Å². The third-order valence-electron chi connectivity index (χ3n) is 11.2. The standard InChI is InChI=1S/C51H38N2/c1-51(2)47-16-10-9-15-43(47)44-28-27-42(33-48(44)51)53(40-23-17-36(18-24-40)34-11-5-3-6-12-34)41-25-19-37(20-26-41)39-22-30-50-46(32-39)45-31-38(21-29-49(45)52-50)35-13-7-4-8-14-35/h3-33,52H,1-2H3. The number of aromatic nitrogens is 1. The van der Waals surface area contributed by atoms with Crippen LogP contribution in [0, 0.1) is 0 Å². The fourth-order valence-corrected chi connectivity index (χ4v) is 8.40. The zero-order valence-corrected chi connectivity index (χ0v) is 29.8. The van der Waals surface area contributed by atoms with Gasteiger partial charge in [0.15, 0.2) is 0 Å². The van der Waals surface area contributed by atoms with E-state index < -0.39 is 0 Å². The van der Waals surface area contributed by atoms with Crippen LogP contribution >= 0.6 is 0 Å². The van der Waals surface area contributed by atoms with Gasteiger partial charge in [0, 0.05) is 44.3 Å². The maximum absolute atomic E-state index is 3.63. The Bertz CT molecular complexity index is 2770. The van der Waals surface area contributed by atoms with E-state index in [-0.39, 0.29) is 5.41 Å². The van der Waals surface area contributed by atoms with Crippen LogP contribution in [0.1, 0.15) is 25.0 Å². The van der Waals surface area contributed by atoms with Crippen LogP contribution in [0.3, 0.4) is 0 Å². The van der Waals surface area contributed by atoms with Crippen molar-refractivity contribution in [1.29, 1.82) is 0 Å². The van der Waals surface area contributed by atoms with Gasteiger partial charge in [-0.25, -0.2) is 0 Å². The Morgan fingerprint density at radius 2 is 0.792 bits per heavy atom. The molecule has 1 aromatic heterocycles. The van der Waals surface area contributed by atoms with E-state index in [1.54, 1.807) is 0 Å². The summed E-state index contributed by atoms with van der Waals surface area (Å²) >= 11 is 0. The highest BCUT2D eigenvalue weighted by Crippen LogP contribution is 2.50. The number of aromatic amines is 1. The van der Waals surface area contributed by atoms with Crippen LogP contribution < -0.4 is 4.90 Å². The van der Waals surface area contributed by atoms with Crippen LogP contribution in [0.5, 0.6) is 0 Å². The van der Waals surface area contributed by atoms with Crippen molar-refractivity contribution in [2.75, 3.05) is 4.90 Å². The number of H-pyrrole nitrogens is 1. The van der Waals surface area contributed by atoms with Crippen LogP contribution in [-0.2, 0) is 5.41 Å². The Labute approximate surface area is 310 Å². The molecular weight excluding hydrogens is 641 g/mol. The number of nitrogens with one attached hydrogen (secondary N) is 1. The monoisotopic (exact) mass is 678 g/mol. The largest absolute Gasteiger partial charge is 0.355 e. The average molecular weight is 679 g/mol. The van der Waals surface area contributed by atoms with Crippen molar-refractivity contribution in [2.45, 2.75) is 19.3 Å². The summed E-state index contributed by atoms with van der Waals surface area (Å²) in [4.78, 5) is 6.03. The highest BCUT2D eigenvalue weighted by molar-refractivity contribution is 6.09. The molecule has 53 heavy (non-hydrogen) atoms. The van der Waals surface area contributed by atoms with Crippen molar-refractivity contribution >= 4 is 38.9 Å². The summed E-state index contributed by atoms with van der Waals surface area (Å²) in [6, 6.07) is 68.6. The second kappa shape index (κ2) is 12.3. The van der Waals surface area contributed by atoms with Crippen molar-refractivity contribution in [3.63, 3.8) is 0 Å². The van der Waals surface area contributed by atoms with E-state index in [1.165, 1.54) is 66.4 Å². The molecule has 8 aromatic carbocycles. The Morgan fingerprint density at radius 3 is 1.38 bits per heavy atom. The van der Waals surface area contributed by atoms with Crippen LogP contribution in [0.25, 0.3) is 66.3 Å². The molecule has 0 radical (unpaired) electrons. The van der Waals surface area contributed by atoms with E-state index in [0.717, 1.165) is 28.1 Å². The third kappa shape index (κ3) is 5.26. The third-order valence-corrected chi connectivity index (χ3v) is 11.2. The second-order valence-corrected chi connectivity index (χ2v) is 14.7. The molecule has 0 unspecified atom stereocenters. The number of rotatable bonds is 6. The number of benzene rings is 8. The molecule has 10 rings (SSSR count). The lowest BCUT2D eigenvalue weighted by atomic mass is 9.82. The van der Waals surface area contributed by atoms with Gasteiger partial charge in [0.2, 0.25) is 0 Å². The first-order chi connectivity index (χ1) is 26.0. The molecule has 0 amide bonds. The normalized spacial score (nSPS) is 12.9. The molecule has 1 heterocycles. The lowest BCUT2D eigenvalue weighted by Crippen LogP contribution is -2.16. The molecule has 0 bridgehead atoms. The number of hydrogen-bond donors (Lipinski definition) is 1. The van der Waals surface area contributed by atoms with Crippen LogP contribution in [-0.4, -0.2) is 4.98 Å². The minimum atomic E-state index is -0.0858. The molecule has 0 saturated heterocycles. The Hall–Kier alpha value is -6.64. The van der Waals surface area contributed by atoms with E-state index in [0.29, 0.717) is 0 Å². The van der Waals surface area contributed by atoms with Crippen LogP contribution in [0.15, 0.2) is 188 Å². The summed E-state index contributed by atoms with van der Waals surface area (Å²) in [6.45, 7) is 4.70. The topological polar surface area (TPSA) is 19.0 Å². The van der Waals surface area contributed by atoms with E-state index in [2.05, 4.69) is 212 Å². The number of nitrogens with zero attached hydrogens (tertiary/aromatic N) is 1. The minimum Gasteiger partial charge on any atom is -0.355 e. The quantitative estimate of drug-likeness (QED) is 0.185. The summed E-state index contributed by atoms with van der Waals surface area (Å²) in [5.41, 5.74) is 18.3. The number of anilines is 3. The van der Waals surface area contributed by atoms with Gasteiger partial charge in [0.05, 0.1) is 0 Å². The van der Waals surface area contributed by atoms with E-state index in [1.807, 2.05) is 0 Å². The predicted molar refractivity (Wildman–Crippen MR) is 224 cm³/mol. The van der Waals surface area contributed by atoms with E-state index in [4.69, 9.17) is 0 Å². The zero-order valence-electron chi connectivity index (χ0n) is 29.8. The van der Waals surface area contributed by atoms with E-state index in [9.17, 15) is 0 Å². The number of fused-ring (bicyclic) bond motifs is 6. The maximum Gasteiger partial charge on any atom is 0.0465 e. The van der Waals surface area contributed by atoms with Gasteiger partial charge in [-0.15, -0.1) is 0 Å². The predicted octanol–water partition coefficient (Wildman–Crippen LogP) is 14.1. The highest BCUT2D eigenvalue weighted by atomic mass is 15.1. The maximum atomic E-state index is 3.63. The van der Waals surface area contributed by atoms with Gasteiger partial charge < -0.3 is 9.88 Å². The molecule has 0 atom stereocenters. The Kier molecular flexibility index (Phi) is 7.19. The van der Waals surface area contributed by atoms with Gasteiger partial charge >= 0.3 is 0 Å². The molecule has 0 aliphatic heterocycles. The molecule has 0 fully saturated rings. The molecule has 252 valence electrons. The zero-order chi connectivity index (χ0) is 35.5. The SMILES string of the molecule is CC1(C)c2ccccc2-c2ccc(N(c3ccc(-c4ccccc4)cc3)c3ccc(-c4ccc5[nH]c6ccc(-c7ccccc7)cc6c5c4)cc3)cc21. The fraction of sp³-hybridized carbons (Fsp3) is 0.0588. The van der Waals surface area contributed by atoms with Crippen LogP contribution in [0.4, 0.5) is 17.1 Å². The van der Waals surface area contributed by atoms with Crippen molar-refractivity contribution in [3.8, 4) is 44.5 Å². The summed E-state index contributed by atoms with van der Waals surface area (Å²) < 4.78 is 0. The van der Waals surface area contributed by atoms with Crippen molar-refractivity contribution < 1.29 is 0 Å². The Morgan fingerprint density at radius 1 is 0.358 bits per heavy atom. The lowest BCUT2D eigenvalue weighted by Gasteiger charge is -2.28. The number of hydrogen-bond acceptors (Lipinski definition) is 1. The van der Waals surface area contributed by atoms with Gasteiger partial charge in [-0.1, -0.05) is 141 Å².